The van der Waals surface area contributed by atoms with Gasteiger partial charge in [-0.3, -0.25) is 4.79 Å². The minimum absolute atomic E-state index is 0.0641. The van der Waals surface area contributed by atoms with E-state index in [1.54, 1.807) is 18.2 Å². The first-order valence-electron chi connectivity index (χ1n) is 8.64. The van der Waals surface area contributed by atoms with Crippen molar-refractivity contribution < 1.29 is 19.1 Å². The smallest absolute Gasteiger partial charge is 0.404 e. The lowest BCUT2D eigenvalue weighted by molar-refractivity contribution is 0.100. The van der Waals surface area contributed by atoms with Crippen LogP contribution in [0.15, 0.2) is 30.3 Å². The summed E-state index contributed by atoms with van der Waals surface area (Å²) in [6.07, 6.45) is 0.0447. The molecule has 1 saturated heterocycles. The van der Waals surface area contributed by atoms with Crippen LogP contribution in [0.2, 0.25) is 0 Å². The predicted octanol–water partition coefficient (Wildman–Crippen LogP) is 2.09. The Balaban J connectivity index is 1.91. The number of halogens is 1. The maximum Gasteiger partial charge on any atom is 0.404 e. The van der Waals surface area contributed by atoms with Crippen LogP contribution < -0.4 is 16.0 Å². The second-order valence-electron chi connectivity index (χ2n) is 6.45. The number of carbonyl (C=O) groups is 2. The molecule has 1 aliphatic heterocycles. The fourth-order valence-corrected chi connectivity index (χ4v) is 3.22. The van der Waals surface area contributed by atoms with E-state index in [2.05, 4.69) is 10.3 Å². The number of nitrogens with two attached hydrogens (primary N) is 1. The molecule has 0 bridgehead atoms. The van der Waals surface area contributed by atoms with Gasteiger partial charge in [0.25, 0.3) is 5.91 Å². The average molecular weight is 383 g/mol. The topological polar surface area (TPSA) is 132 Å². The number of piperidine rings is 1. The zero-order chi connectivity index (χ0) is 20.3. The fraction of sp³-hybridized carbons (Fsp3) is 0.263. The summed E-state index contributed by atoms with van der Waals surface area (Å²) in [6.45, 7) is 0.979. The van der Waals surface area contributed by atoms with Crippen LogP contribution in [0.4, 0.5) is 15.0 Å². The number of hydrogen-bond acceptors (Lipinski definition) is 5. The van der Waals surface area contributed by atoms with Gasteiger partial charge in [-0.1, -0.05) is 6.07 Å². The largest absolute Gasteiger partial charge is 0.465 e. The Bertz CT molecular complexity index is 965. The average Bonchev–Trinajstić information content (AvgIpc) is 2.67. The molecule has 9 heteroatoms. The normalized spacial score (nSPS) is 14.4. The molecule has 1 fully saturated rings. The van der Waals surface area contributed by atoms with E-state index >= 15 is 0 Å². The highest BCUT2D eigenvalue weighted by Gasteiger charge is 2.25. The molecule has 0 saturated carbocycles. The molecule has 3 rings (SSSR count). The van der Waals surface area contributed by atoms with Crippen molar-refractivity contribution in [3.05, 3.63) is 47.3 Å². The summed E-state index contributed by atoms with van der Waals surface area (Å²) in [6, 6.07) is 8.89. The molecule has 0 spiro atoms. The van der Waals surface area contributed by atoms with Crippen molar-refractivity contribution >= 4 is 17.8 Å². The SMILES string of the molecule is N#Cc1ccc(-c2ccc(C(N)=O)c(N3CCC(NC(=O)O)CC3)n2)cc1F. The van der Waals surface area contributed by atoms with Gasteiger partial charge in [-0.05, 0) is 37.1 Å². The van der Waals surface area contributed by atoms with Gasteiger partial charge in [0.1, 0.15) is 17.7 Å². The van der Waals surface area contributed by atoms with E-state index in [1.165, 1.54) is 18.2 Å². The molecule has 1 aromatic carbocycles. The quantitative estimate of drug-likeness (QED) is 0.741. The number of primary amides is 1. The number of pyridine rings is 1. The highest BCUT2D eigenvalue weighted by molar-refractivity contribution is 5.98. The lowest BCUT2D eigenvalue weighted by Crippen LogP contribution is -2.45. The number of carboxylic acid groups (broad SMARTS) is 1. The van der Waals surface area contributed by atoms with Crippen LogP contribution in [-0.2, 0) is 0 Å². The van der Waals surface area contributed by atoms with E-state index in [4.69, 9.17) is 16.1 Å². The number of carbonyl (C=O) groups excluding carboxylic acids is 1. The molecule has 2 aromatic rings. The Morgan fingerprint density at radius 3 is 2.57 bits per heavy atom. The van der Waals surface area contributed by atoms with Gasteiger partial charge in [-0.2, -0.15) is 5.26 Å². The third kappa shape index (κ3) is 4.01. The molecule has 144 valence electrons. The van der Waals surface area contributed by atoms with Crippen molar-refractivity contribution in [2.45, 2.75) is 18.9 Å². The number of nitrogens with zero attached hydrogens (tertiary/aromatic N) is 3. The molecule has 2 amide bonds. The van der Waals surface area contributed by atoms with Crippen LogP contribution >= 0.6 is 0 Å². The van der Waals surface area contributed by atoms with Gasteiger partial charge in [-0.25, -0.2) is 14.2 Å². The third-order valence-corrected chi connectivity index (χ3v) is 4.65. The van der Waals surface area contributed by atoms with Gasteiger partial charge in [0.15, 0.2) is 0 Å². The number of benzene rings is 1. The third-order valence-electron chi connectivity index (χ3n) is 4.65. The lowest BCUT2D eigenvalue weighted by Gasteiger charge is -2.33. The Morgan fingerprint density at radius 2 is 2.00 bits per heavy atom. The molecule has 1 aromatic heterocycles. The highest BCUT2D eigenvalue weighted by Crippen LogP contribution is 2.27. The molecule has 28 heavy (non-hydrogen) atoms. The summed E-state index contributed by atoms with van der Waals surface area (Å²) in [4.78, 5) is 29.0. The van der Waals surface area contributed by atoms with E-state index in [9.17, 15) is 14.0 Å². The van der Waals surface area contributed by atoms with Gasteiger partial charge in [0.05, 0.1) is 16.8 Å². The Labute approximate surface area is 160 Å². The second kappa shape index (κ2) is 7.92. The van der Waals surface area contributed by atoms with E-state index in [0.717, 1.165) is 0 Å². The zero-order valence-electron chi connectivity index (χ0n) is 14.9. The van der Waals surface area contributed by atoms with E-state index in [-0.39, 0.29) is 17.2 Å². The van der Waals surface area contributed by atoms with E-state index in [1.807, 2.05) is 4.90 Å². The maximum absolute atomic E-state index is 14.0. The van der Waals surface area contributed by atoms with Crippen molar-refractivity contribution in [2.75, 3.05) is 18.0 Å². The summed E-state index contributed by atoms with van der Waals surface area (Å²) < 4.78 is 14.0. The highest BCUT2D eigenvalue weighted by atomic mass is 19.1. The van der Waals surface area contributed by atoms with Crippen molar-refractivity contribution in [1.29, 1.82) is 5.26 Å². The molecular weight excluding hydrogens is 365 g/mol. The van der Waals surface area contributed by atoms with Gasteiger partial charge in [-0.15, -0.1) is 0 Å². The second-order valence-corrected chi connectivity index (χ2v) is 6.45. The molecule has 4 N–H and O–H groups in total. The predicted molar refractivity (Wildman–Crippen MR) is 99.3 cm³/mol. The lowest BCUT2D eigenvalue weighted by atomic mass is 10.0. The Morgan fingerprint density at radius 1 is 1.29 bits per heavy atom. The number of nitrogens with one attached hydrogen (secondary N) is 1. The van der Waals surface area contributed by atoms with Crippen LogP contribution in [0.3, 0.4) is 0 Å². The Hall–Kier alpha value is -3.67. The number of rotatable bonds is 4. The monoisotopic (exact) mass is 383 g/mol. The summed E-state index contributed by atoms with van der Waals surface area (Å²) in [7, 11) is 0. The van der Waals surface area contributed by atoms with Crippen molar-refractivity contribution in [3.8, 4) is 17.3 Å². The van der Waals surface area contributed by atoms with Crippen molar-refractivity contribution in [3.63, 3.8) is 0 Å². The first-order valence-corrected chi connectivity index (χ1v) is 8.64. The summed E-state index contributed by atoms with van der Waals surface area (Å²) >= 11 is 0. The van der Waals surface area contributed by atoms with Gasteiger partial charge >= 0.3 is 6.09 Å². The zero-order valence-corrected chi connectivity index (χ0v) is 14.9. The first-order chi connectivity index (χ1) is 13.4. The van der Waals surface area contributed by atoms with Crippen LogP contribution in [0.1, 0.15) is 28.8 Å². The fourth-order valence-electron chi connectivity index (χ4n) is 3.22. The number of aromatic nitrogens is 1. The standard InChI is InChI=1S/C19H18FN5O3/c20-15-9-11(1-2-12(15)10-21)16-4-3-14(17(22)26)18(24-16)25-7-5-13(6-8-25)23-19(27)28/h1-4,9,13,23H,5-8H2,(H2,22,26)(H,27,28). The van der Waals surface area contributed by atoms with Gasteiger partial charge in [0, 0.05) is 24.7 Å². The summed E-state index contributed by atoms with van der Waals surface area (Å²) in [5.41, 5.74) is 6.56. The van der Waals surface area contributed by atoms with Gasteiger partial charge < -0.3 is 21.1 Å². The Kier molecular flexibility index (Phi) is 5.40. The molecular formula is C19H18FN5O3. The summed E-state index contributed by atoms with van der Waals surface area (Å²) in [5.74, 6) is -0.905. The minimum atomic E-state index is -1.07. The number of anilines is 1. The van der Waals surface area contributed by atoms with E-state index in [0.29, 0.717) is 43.0 Å². The van der Waals surface area contributed by atoms with Crippen LogP contribution in [0, 0.1) is 17.1 Å². The molecule has 0 aliphatic carbocycles. The van der Waals surface area contributed by atoms with Crippen LogP contribution in [0.5, 0.6) is 0 Å². The van der Waals surface area contributed by atoms with E-state index < -0.39 is 17.8 Å². The number of nitriles is 1. The first kappa shape index (κ1) is 19.1. The van der Waals surface area contributed by atoms with Crippen molar-refractivity contribution in [2.24, 2.45) is 5.73 Å². The van der Waals surface area contributed by atoms with Crippen LogP contribution in [0.25, 0.3) is 11.3 Å². The summed E-state index contributed by atoms with van der Waals surface area (Å²) in [5, 5.41) is 20.2. The number of hydrogen-bond donors (Lipinski definition) is 3. The minimum Gasteiger partial charge on any atom is -0.465 e. The molecule has 0 unspecified atom stereocenters. The van der Waals surface area contributed by atoms with Gasteiger partial charge in [0.2, 0.25) is 0 Å². The molecule has 2 heterocycles. The molecule has 0 radical (unpaired) electrons. The molecule has 1 aliphatic rings. The molecule has 0 atom stereocenters. The van der Waals surface area contributed by atoms with Crippen molar-refractivity contribution in [1.82, 2.24) is 10.3 Å². The molecule has 8 nitrogen and oxygen atoms in total. The number of amides is 2. The van der Waals surface area contributed by atoms with Crippen LogP contribution in [-0.4, -0.2) is 41.2 Å². The maximum atomic E-state index is 14.0.